The first-order valence-corrected chi connectivity index (χ1v) is 2.85. The average molecular weight is 126 g/mol. The van der Waals surface area contributed by atoms with Crippen LogP contribution in [0.1, 0.15) is 13.8 Å². The molecule has 3 heteroatoms. The quantitative estimate of drug-likeness (QED) is 0.484. The first-order chi connectivity index (χ1) is 4.14. The summed E-state index contributed by atoms with van der Waals surface area (Å²) in [6.07, 6.45) is 2.47. The van der Waals surface area contributed by atoms with Crippen LogP contribution in [0.15, 0.2) is 11.9 Å². The zero-order valence-electron chi connectivity index (χ0n) is 5.56. The van der Waals surface area contributed by atoms with Crippen LogP contribution in [-0.4, -0.2) is 11.9 Å². The Morgan fingerprint density at radius 3 is 2.56 bits per heavy atom. The first-order valence-electron chi connectivity index (χ1n) is 2.85. The minimum Gasteiger partial charge on any atom is -0.367 e. The summed E-state index contributed by atoms with van der Waals surface area (Å²) in [6, 6.07) is 0. The Hall–Kier alpha value is -0.990. The standard InChI is InChI=1S/C6H10N2O/c1-6(2)7-3-5(4-9)8-6/h3-4,7-8H,1-2H3. The maximum absolute atomic E-state index is 10.1. The minimum atomic E-state index is -0.157. The van der Waals surface area contributed by atoms with E-state index in [0.29, 0.717) is 5.70 Å². The van der Waals surface area contributed by atoms with Gasteiger partial charge >= 0.3 is 0 Å². The van der Waals surface area contributed by atoms with Gasteiger partial charge in [-0.3, -0.25) is 4.79 Å². The maximum Gasteiger partial charge on any atom is 0.167 e. The van der Waals surface area contributed by atoms with E-state index in [2.05, 4.69) is 10.6 Å². The van der Waals surface area contributed by atoms with E-state index in [1.165, 1.54) is 0 Å². The van der Waals surface area contributed by atoms with E-state index in [9.17, 15) is 4.79 Å². The second-order valence-electron chi connectivity index (χ2n) is 2.61. The number of hydrogen-bond acceptors (Lipinski definition) is 3. The van der Waals surface area contributed by atoms with Crippen LogP contribution in [0.25, 0.3) is 0 Å². The largest absolute Gasteiger partial charge is 0.367 e. The molecule has 1 aliphatic heterocycles. The van der Waals surface area contributed by atoms with Gasteiger partial charge in [-0.15, -0.1) is 0 Å². The Morgan fingerprint density at radius 1 is 1.67 bits per heavy atom. The van der Waals surface area contributed by atoms with Crippen molar-refractivity contribution in [1.29, 1.82) is 0 Å². The van der Waals surface area contributed by atoms with Gasteiger partial charge in [0.1, 0.15) is 5.66 Å². The van der Waals surface area contributed by atoms with Crippen molar-refractivity contribution in [3.63, 3.8) is 0 Å². The summed E-state index contributed by atoms with van der Waals surface area (Å²) in [5.74, 6) is 0. The van der Waals surface area contributed by atoms with Gasteiger partial charge in [0, 0.05) is 6.20 Å². The van der Waals surface area contributed by atoms with Crippen molar-refractivity contribution in [3.8, 4) is 0 Å². The fourth-order valence-electron chi connectivity index (χ4n) is 0.755. The van der Waals surface area contributed by atoms with Crippen molar-refractivity contribution in [1.82, 2.24) is 10.6 Å². The lowest BCUT2D eigenvalue weighted by Gasteiger charge is -2.19. The second-order valence-corrected chi connectivity index (χ2v) is 2.61. The number of rotatable bonds is 1. The zero-order chi connectivity index (χ0) is 6.91. The highest BCUT2D eigenvalue weighted by atomic mass is 16.1. The third-order valence-corrected chi connectivity index (χ3v) is 1.17. The summed E-state index contributed by atoms with van der Waals surface area (Å²) in [4.78, 5) is 10.1. The Balaban J connectivity index is 2.59. The Morgan fingerprint density at radius 2 is 2.33 bits per heavy atom. The fraction of sp³-hybridized carbons (Fsp3) is 0.500. The number of carbonyl (C=O) groups is 1. The van der Waals surface area contributed by atoms with E-state index >= 15 is 0 Å². The summed E-state index contributed by atoms with van der Waals surface area (Å²) in [5, 5.41) is 5.95. The average Bonchev–Trinajstić information content (AvgIpc) is 2.10. The number of aldehydes is 1. The molecule has 0 radical (unpaired) electrons. The summed E-state index contributed by atoms with van der Waals surface area (Å²) >= 11 is 0. The van der Waals surface area contributed by atoms with Crippen molar-refractivity contribution in [2.75, 3.05) is 0 Å². The van der Waals surface area contributed by atoms with E-state index in [0.717, 1.165) is 6.29 Å². The fourth-order valence-corrected chi connectivity index (χ4v) is 0.755. The van der Waals surface area contributed by atoms with Crippen LogP contribution in [-0.2, 0) is 4.79 Å². The molecule has 0 fully saturated rings. The van der Waals surface area contributed by atoms with Gasteiger partial charge in [0.05, 0.1) is 5.70 Å². The number of nitrogens with one attached hydrogen (secondary N) is 2. The van der Waals surface area contributed by atoms with Crippen LogP contribution in [0.5, 0.6) is 0 Å². The topological polar surface area (TPSA) is 41.1 Å². The molecule has 0 bridgehead atoms. The molecule has 0 aromatic heterocycles. The van der Waals surface area contributed by atoms with E-state index in [1.54, 1.807) is 6.20 Å². The molecule has 0 unspecified atom stereocenters. The van der Waals surface area contributed by atoms with E-state index in [-0.39, 0.29) is 5.66 Å². The van der Waals surface area contributed by atoms with Crippen LogP contribution in [0.3, 0.4) is 0 Å². The van der Waals surface area contributed by atoms with Crippen LogP contribution < -0.4 is 10.6 Å². The van der Waals surface area contributed by atoms with Crippen LogP contribution in [0.2, 0.25) is 0 Å². The highest BCUT2D eigenvalue weighted by Crippen LogP contribution is 2.05. The van der Waals surface area contributed by atoms with Gasteiger partial charge in [-0.2, -0.15) is 0 Å². The molecule has 3 nitrogen and oxygen atoms in total. The van der Waals surface area contributed by atoms with Crippen molar-refractivity contribution >= 4 is 6.29 Å². The van der Waals surface area contributed by atoms with Crippen LogP contribution in [0.4, 0.5) is 0 Å². The highest BCUT2D eigenvalue weighted by molar-refractivity contribution is 5.73. The molecule has 0 aromatic carbocycles. The van der Waals surface area contributed by atoms with Crippen LogP contribution >= 0.6 is 0 Å². The Kier molecular flexibility index (Phi) is 1.20. The van der Waals surface area contributed by atoms with Gasteiger partial charge in [-0.05, 0) is 13.8 Å². The lowest BCUT2D eigenvalue weighted by atomic mass is 10.3. The Bertz CT molecular complexity index is 160. The van der Waals surface area contributed by atoms with Crippen molar-refractivity contribution in [2.24, 2.45) is 0 Å². The molecule has 0 amide bonds. The number of allylic oxidation sites excluding steroid dienone is 1. The molecule has 0 saturated carbocycles. The lowest BCUT2D eigenvalue weighted by Crippen LogP contribution is -2.43. The SMILES string of the molecule is CC1(C)NC=C(C=O)N1. The number of hydrogen-bond donors (Lipinski definition) is 2. The molecule has 0 aliphatic carbocycles. The molecule has 1 rings (SSSR count). The van der Waals surface area contributed by atoms with Crippen LogP contribution in [0, 0.1) is 0 Å². The summed E-state index contributed by atoms with van der Waals surface area (Å²) in [7, 11) is 0. The van der Waals surface area contributed by atoms with Gasteiger partial charge < -0.3 is 10.6 Å². The normalized spacial score (nSPS) is 21.8. The minimum absolute atomic E-state index is 0.157. The summed E-state index contributed by atoms with van der Waals surface area (Å²) in [6.45, 7) is 3.92. The smallest absolute Gasteiger partial charge is 0.167 e. The zero-order valence-corrected chi connectivity index (χ0v) is 5.56. The molecule has 1 aliphatic rings. The van der Waals surface area contributed by atoms with E-state index in [4.69, 9.17) is 0 Å². The second kappa shape index (κ2) is 1.76. The molecule has 0 atom stereocenters. The van der Waals surface area contributed by atoms with Gasteiger partial charge in [0.15, 0.2) is 6.29 Å². The van der Waals surface area contributed by atoms with Crippen molar-refractivity contribution in [2.45, 2.75) is 19.5 Å². The van der Waals surface area contributed by atoms with Crippen molar-refractivity contribution < 1.29 is 4.79 Å². The van der Waals surface area contributed by atoms with Crippen molar-refractivity contribution in [3.05, 3.63) is 11.9 Å². The van der Waals surface area contributed by atoms with Gasteiger partial charge in [-0.25, -0.2) is 0 Å². The third-order valence-electron chi connectivity index (χ3n) is 1.17. The van der Waals surface area contributed by atoms with Gasteiger partial charge in [-0.1, -0.05) is 0 Å². The molecule has 2 N–H and O–H groups in total. The molecule has 50 valence electrons. The summed E-state index contributed by atoms with van der Waals surface area (Å²) < 4.78 is 0. The third kappa shape index (κ3) is 1.22. The van der Waals surface area contributed by atoms with E-state index in [1.807, 2.05) is 13.8 Å². The molecule has 0 saturated heterocycles. The highest BCUT2D eigenvalue weighted by Gasteiger charge is 2.20. The molecular formula is C6H10N2O. The summed E-state index contributed by atoms with van der Waals surface area (Å²) in [5.41, 5.74) is 0.455. The van der Waals surface area contributed by atoms with E-state index < -0.39 is 0 Å². The molecule has 9 heavy (non-hydrogen) atoms. The first kappa shape index (κ1) is 6.13. The van der Waals surface area contributed by atoms with Gasteiger partial charge in [0.2, 0.25) is 0 Å². The Labute approximate surface area is 54.1 Å². The monoisotopic (exact) mass is 126 g/mol. The molecule has 1 heterocycles. The predicted molar refractivity (Wildman–Crippen MR) is 34.5 cm³/mol. The van der Waals surface area contributed by atoms with Gasteiger partial charge in [0.25, 0.3) is 0 Å². The molecular weight excluding hydrogens is 116 g/mol. The predicted octanol–water partition coefficient (Wildman–Crippen LogP) is -0.0444. The maximum atomic E-state index is 10.1. The number of carbonyl (C=O) groups excluding carboxylic acids is 1. The lowest BCUT2D eigenvalue weighted by molar-refractivity contribution is -0.105. The molecule has 0 aromatic rings. The molecule has 0 spiro atoms.